The Labute approximate surface area is 174 Å². The lowest BCUT2D eigenvalue weighted by Crippen LogP contribution is -2.16. The summed E-state index contributed by atoms with van der Waals surface area (Å²) in [5.41, 5.74) is 2.35. The minimum Gasteiger partial charge on any atom is -0.465 e. The van der Waals surface area contributed by atoms with Crippen molar-refractivity contribution in [2.24, 2.45) is 0 Å². The molecule has 0 bridgehead atoms. The van der Waals surface area contributed by atoms with Crippen LogP contribution in [0.2, 0.25) is 0 Å². The Balaban J connectivity index is 1.77. The van der Waals surface area contributed by atoms with E-state index in [4.69, 9.17) is 0 Å². The van der Waals surface area contributed by atoms with Crippen LogP contribution in [0.5, 0.6) is 0 Å². The average Bonchev–Trinajstić information content (AvgIpc) is 2.73. The average molecular weight is 424 g/mol. The number of hydrogen-bond donors (Lipinski definition) is 2. The SMILES string of the molecule is COC(=O)c1ccc(NC(=O)c2cccc(S(=O)(=O)Nc3cccc(C)c3)c2)cc1. The molecule has 3 aromatic carbocycles. The zero-order valence-corrected chi connectivity index (χ0v) is 17.2. The van der Waals surface area contributed by atoms with Crippen molar-refractivity contribution in [3.63, 3.8) is 0 Å². The van der Waals surface area contributed by atoms with E-state index in [0.29, 0.717) is 16.9 Å². The second kappa shape index (κ2) is 8.79. The van der Waals surface area contributed by atoms with Crippen LogP contribution in [-0.4, -0.2) is 27.4 Å². The Hall–Kier alpha value is -3.65. The van der Waals surface area contributed by atoms with Gasteiger partial charge in [-0.3, -0.25) is 9.52 Å². The number of ether oxygens (including phenoxy) is 1. The molecule has 8 heteroatoms. The molecule has 2 N–H and O–H groups in total. The number of nitrogens with one attached hydrogen (secondary N) is 2. The standard InChI is InChI=1S/C22H20N2O5S/c1-15-5-3-7-19(13-15)24-30(27,28)20-8-4-6-17(14-20)21(25)23-18-11-9-16(10-12-18)22(26)29-2/h3-14,24H,1-2H3,(H,23,25). The zero-order chi connectivity index (χ0) is 21.7. The Morgan fingerprint density at radius 1 is 0.833 bits per heavy atom. The van der Waals surface area contributed by atoms with E-state index in [2.05, 4.69) is 14.8 Å². The normalized spacial score (nSPS) is 10.9. The minimum atomic E-state index is -3.86. The summed E-state index contributed by atoms with van der Waals surface area (Å²) in [4.78, 5) is 24.0. The van der Waals surface area contributed by atoms with Crippen LogP contribution in [0, 0.1) is 6.92 Å². The largest absolute Gasteiger partial charge is 0.465 e. The fourth-order valence-corrected chi connectivity index (χ4v) is 3.83. The van der Waals surface area contributed by atoms with Gasteiger partial charge in [-0.05, 0) is 67.1 Å². The van der Waals surface area contributed by atoms with E-state index >= 15 is 0 Å². The first-order chi connectivity index (χ1) is 14.3. The molecule has 0 aliphatic heterocycles. The summed E-state index contributed by atoms with van der Waals surface area (Å²) in [6.07, 6.45) is 0. The highest BCUT2D eigenvalue weighted by atomic mass is 32.2. The molecule has 0 aromatic heterocycles. The monoisotopic (exact) mass is 424 g/mol. The van der Waals surface area contributed by atoms with Crippen molar-refractivity contribution in [2.45, 2.75) is 11.8 Å². The number of methoxy groups -OCH3 is 1. The van der Waals surface area contributed by atoms with Crippen molar-refractivity contribution in [2.75, 3.05) is 17.1 Å². The van der Waals surface area contributed by atoms with Gasteiger partial charge in [0, 0.05) is 16.9 Å². The second-order valence-electron chi connectivity index (χ2n) is 6.53. The van der Waals surface area contributed by atoms with Gasteiger partial charge in [-0.25, -0.2) is 13.2 Å². The van der Waals surface area contributed by atoms with E-state index in [1.54, 1.807) is 30.3 Å². The van der Waals surface area contributed by atoms with Gasteiger partial charge in [0.15, 0.2) is 0 Å². The van der Waals surface area contributed by atoms with Crippen molar-refractivity contribution >= 4 is 33.3 Å². The van der Waals surface area contributed by atoms with Gasteiger partial charge in [-0.2, -0.15) is 0 Å². The second-order valence-corrected chi connectivity index (χ2v) is 8.21. The topological polar surface area (TPSA) is 102 Å². The van der Waals surface area contributed by atoms with Gasteiger partial charge in [-0.1, -0.05) is 18.2 Å². The first kappa shape index (κ1) is 21.1. The minimum absolute atomic E-state index is 0.0299. The zero-order valence-electron chi connectivity index (χ0n) is 16.4. The molecule has 0 heterocycles. The van der Waals surface area contributed by atoms with Crippen molar-refractivity contribution in [1.82, 2.24) is 0 Å². The maximum absolute atomic E-state index is 12.7. The number of amides is 1. The molecule has 154 valence electrons. The van der Waals surface area contributed by atoms with Gasteiger partial charge in [-0.15, -0.1) is 0 Å². The Morgan fingerprint density at radius 3 is 2.20 bits per heavy atom. The molecule has 0 radical (unpaired) electrons. The molecular formula is C22H20N2O5S. The first-order valence-electron chi connectivity index (χ1n) is 8.98. The van der Waals surface area contributed by atoms with Gasteiger partial charge in [0.25, 0.3) is 15.9 Å². The van der Waals surface area contributed by atoms with Crippen molar-refractivity contribution in [1.29, 1.82) is 0 Å². The molecule has 0 saturated carbocycles. The van der Waals surface area contributed by atoms with Crippen molar-refractivity contribution in [3.05, 3.63) is 89.5 Å². The lowest BCUT2D eigenvalue weighted by atomic mass is 10.2. The van der Waals surface area contributed by atoms with E-state index in [1.165, 1.54) is 43.5 Å². The number of aryl methyl sites for hydroxylation is 1. The smallest absolute Gasteiger partial charge is 0.337 e. The number of carbonyl (C=O) groups excluding carboxylic acids is 2. The predicted octanol–water partition coefficient (Wildman–Crippen LogP) is 3.83. The van der Waals surface area contributed by atoms with E-state index < -0.39 is 21.9 Å². The number of anilines is 2. The highest BCUT2D eigenvalue weighted by Crippen LogP contribution is 2.19. The maximum atomic E-state index is 12.7. The molecule has 0 unspecified atom stereocenters. The molecule has 0 aliphatic carbocycles. The summed E-state index contributed by atoms with van der Waals surface area (Å²) in [5, 5.41) is 2.67. The van der Waals surface area contributed by atoms with Gasteiger partial charge < -0.3 is 10.1 Å². The highest BCUT2D eigenvalue weighted by molar-refractivity contribution is 7.92. The fourth-order valence-electron chi connectivity index (χ4n) is 2.74. The first-order valence-corrected chi connectivity index (χ1v) is 10.5. The summed E-state index contributed by atoms with van der Waals surface area (Å²) < 4.78 is 32.5. The molecule has 3 rings (SSSR count). The molecule has 0 aliphatic rings. The van der Waals surface area contributed by atoms with Crippen LogP contribution in [0.4, 0.5) is 11.4 Å². The van der Waals surface area contributed by atoms with Crippen LogP contribution >= 0.6 is 0 Å². The number of sulfonamides is 1. The van der Waals surface area contributed by atoms with E-state index in [1.807, 2.05) is 13.0 Å². The van der Waals surface area contributed by atoms with Gasteiger partial charge in [0.2, 0.25) is 0 Å². The van der Waals surface area contributed by atoms with Crippen LogP contribution in [0.15, 0.2) is 77.7 Å². The summed E-state index contributed by atoms with van der Waals surface area (Å²) in [6.45, 7) is 1.86. The predicted molar refractivity (Wildman–Crippen MR) is 114 cm³/mol. The van der Waals surface area contributed by atoms with E-state index in [-0.39, 0.29) is 10.5 Å². The van der Waals surface area contributed by atoms with Crippen molar-refractivity contribution < 1.29 is 22.7 Å². The van der Waals surface area contributed by atoms with Crippen LogP contribution < -0.4 is 10.0 Å². The van der Waals surface area contributed by atoms with Crippen LogP contribution in [0.1, 0.15) is 26.3 Å². The molecule has 0 fully saturated rings. The summed E-state index contributed by atoms with van der Waals surface area (Å²) in [5.74, 6) is -0.958. The molecule has 0 atom stereocenters. The van der Waals surface area contributed by atoms with E-state index in [0.717, 1.165) is 5.56 Å². The van der Waals surface area contributed by atoms with Gasteiger partial charge >= 0.3 is 5.97 Å². The van der Waals surface area contributed by atoms with Gasteiger partial charge in [0.1, 0.15) is 0 Å². The molecule has 3 aromatic rings. The quantitative estimate of drug-likeness (QED) is 0.586. The Morgan fingerprint density at radius 2 is 1.53 bits per heavy atom. The van der Waals surface area contributed by atoms with Crippen LogP contribution in [-0.2, 0) is 14.8 Å². The third-order valence-corrected chi connectivity index (χ3v) is 5.62. The lowest BCUT2D eigenvalue weighted by molar-refractivity contribution is 0.0600. The molecular weight excluding hydrogens is 404 g/mol. The number of rotatable bonds is 6. The fraction of sp³-hybridized carbons (Fsp3) is 0.0909. The van der Waals surface area contributed by atoms with Crippen LogP contribution in [0.3, 0.4) is 0 Å². The van der Waals surface area contributed by atoms with Crippen molar-refractivity contribution in [3.8, 4) is 0 Å². The Bertz CT molecular complexity index is 1190. The maximum Gasteiger partial charge on any atom is 0.337 e. The molecule has 0 saturated heterocycles. The summed E-state index contributed by atoms with van der Waals surface area (Å²) in [7, 11) is -2.57. The molecule has 7 nitrogen and oxygen atoms in total. The number of esters is 1. The molecule has 30 heavy (non-hydrogen) atoms. The number of hydrogen-bond acceptors (Lipinski definition) is 5. The third-order valence-electron chi connectivity index (χ3n) is 4.24. The highest BCUT2D eigenvalue weighted by Gasteiger charge is 2.17. The molecule has 0 spiro atoms. The lowest BCUT2D eigenvalue weighted by Gasteiger charge is -2.10. The number of benzene rings is 3. The van der Waals surface area contributed by atoms with Crippen LogP contribution in [0.25, 0.3) is 0 Å². The third kappa shape index (κ3) is 5.03. The van der Waals surface area contributed by atoms with E-state index in [9.17, 15) is 18.0 Å². The Kier molecular flexibility index (Phi) is 6.17. The van der Waals surface area contributed by atoms with Gasteiger partial charge in [0.05, 0.1) is 17.6 Å². The molecule has 1 amide bonds. The summed E-state index contributed by atoms with van der Waals surface area (Å²) >= 11 is 0. The number of carbonyl (C=O) groups is 2. The summed E-state index contributed by atoms with van der Waals surface area (Å²) in [6, 6.07) is 18.9.